The summed E-state index contributed by atoms with van der Waals surface area (Å²) >= 11 is 0. The summed E-state index contributed by atoms with van der Waals surface area (Å²) in [6.07, 6.45) is 19.1. The summed E-state index contributed by atoms with van der Waals surface area (Å²) < 4.78 is 0. The third kappa shape index (κ3) is 27.7. The van der Waals surface area contributed by atoms with Gasteiger partial charge in [0.25, 0.3) is 0 Å². The monoisotopic (exact) mass is 934 g/mol. The van der Waals surface area contributed by atoms with E-state index in [4.69, 9.17) is 5.73 Å². The van der Waals surface area contributed by atoms with Gasteiger partial charge in [0, 0.05) is 207 Å². The summed E-state index contributed by atoms with van der Waals surface area (Å²) in [6.45, 7) is 36.9. The van der Waals surface area contributed by atoms with Crippen LogP contribution < -0.4 is 48.3 Å². The van der Waals surface area contributed by atoms with E-state index in [0.29, 0.717) is 0 Å². The maximum absolute atomic E-state index is 6.21. The number of rotatable bonds is 49. The van der Waals surface area contributed by atoms with Crippen LogP contribution in [0.1, 0.15) is 104 Å². The molecule has 0 unspecified atom stereocenters. The predicted molar refractivity (Wildman–Crippen MR) is 283 cm³/mol. The fourth-order valence-corrected chi connectivity index (χ4v) is 9.46. The van der Waals surface area contributed by atoms with Gasteiger partial charge in [-0.1, -0.05) is 46.0 Å². The van der Waals surface area contributed by atoms with Crippen LogP contribution in [-0.2, 0) is 0 Å². The molecule has 0 atom stereocenters. The molecule has 0 spiro atoms. The van der Waals surface area contributed by atoms with Gasteiger partial charge in [-0.25, -0.2) is 0 Å². The molecule has 0 heterocycles. The summed E-state index contributed by atoms with van der Waals surface area (Å²) in [5.74, 6) is 0. The SMILES string of the molecule is CCCCN(CCNC1CCC1)CCN(CCNC1CCC1)CCN(CCN)CCNCCN(CCNCCN(CCNCC)C1CCC1)CCN(C)CCNCCNCCNC1CCC1. The van der Waals surface area contributed by atoms with Crippen molar-refractivity contribution in [2.24, 2.45) is 5.73 Å². The quantitative estimate of drug-likeness (QED) is 0.0403. The molecular weight excluding hydrogens is 823 g/mol. The van der Waals surface area contributed by atoms with Crippen molar-refractivity contribution in [1.82, 2.24) is 71.9 Å². The molecule has 4 fully saturated rings. The topological polar surface area (TPSA) is 142 Å². The summed E-state index contributed by atoms with van der Waals surface area (Å²) in [7, 11) is 2.29. The Balaban J connectivity index is 1.15. The van der Waals surface area contributed by atoms with Crippen LogP contribution in [0.2, 0.25) is 0 Å². The number of hydrogen-bond acceptors (Lipinski definition) is 15. The maximum Gasteiger partial charge on any atom is 0.0110 e. The highest BCUT2D eigenvalue weighted by Gasteiger charge is 2.24. The second kappa shape index (κ2) is 39.1. The molecule has 390 valence electrons. The minimum atomic E-state index is 0.717. The van der Waals surface area contributed by atoms with Gasteiger partial charge in [-0.05, 0) is 77.9 Å². The number of nitrogens with one attached hydrogen (secondary N) is 8. The Morgan fingerprint density at radius 2 is 0.773 bits per heavy atom. The van der Waals surface area contributed by atoms with Crippen LogP contribution in [0.3, 0.4) is 0 Å². The number of nitrogens with two attached hydrogens (primary N) is 1. The normalized spacial score (nSPS) is 17.5. The van der Waals surface area contributed by atoms with Crippen molar-refractivity contribution in [3.05, 3.63) is 0 Å². The van der Waals surface area contributed by atoms with Gasteiger partial charge >= 0.3 is 0 Å². The van der Waals surface area contributed by atoms with Crippen LogP contribution in [0.15, 0.2) is 0 Å². The molecule has 0 aromatic heterocycles. The van der Waals surface area contributed by atoms with Crippen LogP contribution in [-0.4, -0.2) is 257 Å². The summed E-state index contributed by atoms with van der Waals surface area (Å²) in [5, 5.41) is 29.8. The largest absolute Gasteiger partial charge is 0.329 e. The van der Waals surface area contributed by atoms with Gasteiger partial charge in [0.05, 0.1) is 0 Å². The highest BCUT2D eigenvalue weighted by molar-refractivity contribution is 4.82. The Kier molecular flexibility index (Phi) is 34.3. The van der Waals surface area contributed by atoms with Gasteiger partial charge < -0.3 is 58.1 Å². The van der Waals surface area contributed by atoms with Crippen molar-refractivity contribution < 1.29 is 0 Å². The smallest absolute Gasteiger partial charge is 0.0110 e. The zero-order chi connectivity index (χ0) is 46.5. The lowest BCUT2D eigenvalue weighted by molar-refractivity contribution is 0.128. The maximum atomic E-state index is 6.21. The van der Waals surface area contributed by atoms with Gasteiger partial charge in [-0.15, -0.1) is 0 Å². The molecular formula is C51H111N15. The van der Waals surface area contributed by atoms with Crippen molar-refractivity contribution in [3.8, 4) is 0 Å². The molecule has 0 aliphatic heterocycles. The molecule has 0 aromatic carbocycles. The van der Waals surface area contributed by atoms with E-state index in [1.807, 2.05) is 0 Å². The van der Waals surface area contributed by atoms with E-state index in [-0.39, 0.29) is 0 Å². The Hall–Kier alpha value is -0.600. The highest BCUT2D eigenvalue weighted by Crippen LogP contribution is 2.24. The van der Waals surface area contributed by atoms with E-state index in [0.717, 1.165) is 194 Å². The molecule has 66 heavy (non-hydrogen) atoms. The van der Waals surface area contributed by atoms with Crippen LogP contribution in [0.4, 0.5) is 0 Å². The van der Waals surface area contributed by atoms with Crippen molar-refractivity contribution in [3.63, 3.8) is 0 Å². The lowest BCUT2D eigenvalue weighted by Gasteiger charge is -2.37. The van der Waals surface area contributed by atoms with E-state index in [9.17, 15) is 0 Å². The van der Waals surface area contributed by atoms with Crippen molar-refractivity contribution in [2.45, 2.75) is 128 Å². The molecule has 4 aliphatic rings. The third-order valence-electron chi connectivity index (χ3n) is 15.3. The molecule has 15 nitrogen and oxygen atoms in total. The molecule has 0 bridgehead atoms. The predicted octanol–water partition coefficient (Wildman–Crippen LogP) is 1.13. The first-order chi connectivity index (χ1) is 32.6. The molecule has 0 amide bonds. The third-order valence-corrected chi connectivity index (χ3v) is 15.3. The van der Waals surface area contributed by atoms with Gasteiger partial charge in [0.2, 0.25) is 0 Å². The van der Waals surface area contributed by atoms with Crippen LogP contribution >= 0.6 is 0 Å². The molecule has 15 heteroatoms. The molecule has 0 radical (unpaired) electrons. The zero-order valence-corrected chi connectivity index (χ0v) is 43.7. The minimum absolute atomic E-state index is 0.717. The molecule has 10 N–H and O–H groups in total. The molecule has 4 rings (SSSR count). The first kappa shape index (κ1) is 58.0. The first-order valence-corrected chi connectivity index (χ1v) is 28.3. The Morgan fingerprint density at radius 1 is 0.379 bits per heavy atom. The Bertz CT molecular complexity index is 1080. The van der Waals surface area contributed by atoms with E-state index < -0.39 is 0 Å². The van der Waals surface area contributed by atoms with Gasteiger partial charge in [-0.3, -0.25) is 19.6 Å². The lowest BCUT2D eigenvalue weighted by Crippen LogP contribution is -2.47. The van der Waals surface area contributed by atoms with E-state index in [1.54, 1.807) is 0 Å². The number of nitrogens with zero attached hydrogens (tertiary/aromatic N) is 6. The summed E-state index contributed by atoms with van der Waals surface area (Å²) in [5.41, 5.74) is 6.21. The van der Waals surface area contributed by atoms with Crippen molar-refractivity contribution in [2.75, 3.05) is 203 Å². The van der Waals surface area contributed by atoms with Crippen LogP contribution in [0, 0.1) is 0 Å². The highest BCUT2D eigenvalue weighted by atomic mass is 15.2. The van der Waals surface area contributed by atoms with Crippen LogP contribution in [0.25, 0.3) is 0 Å². The van der Waals surface area contributed by atoms with Gasteiger partial charge in [0.15, 0.2) is 0 Å². The second-order valence-electron chi connectivity index (χ2n) is 20.5. The van der Waals surface area contributed by atoms with Gasteiger partial charge in [-0.2, -0.15) is 0 Å². The van der Waals surface area contributed by atoms with E-state index in [2.05, 4.69) is 92.8 Å². The zero-order valence-electron chi connectivity index (χ0n) is 43.7. The molecule has 0 saturated heterocycles. The van der Waals surface area contributed by atoms with Crippen molar-refractivity contribution in [1.29, 1.82) is 0 Å². The molecule has 0 aromatic rings. The molecule has 4 aliphatic carbocycles. The number of likely N-dealkylation sites (N-methyl/N-ethyl adjacent to an activating group) is 2. The van der Waals surface area contributed by atoms with Gasteiger partial charge in [0.1, 0.15) is 0 Å². The Morgan fingerprint density at radius 3 is 1.26 bits per heavy atom. The average molecular weight is 935 g/mol. The number of hydrogen-bond donors (Lipinski definition) is 9. The molecule has 4 saturated carbocycles. The summed E-state index contributed by atoms with van der Waals surface area (Å²) in [4.78, 5) is 16.0. The summed E-state index contributed by atoms with van der Waals surface area (Å²) in [6, 6.07) is 3.10. The lowest BCUT2D eigenvalue weighted by atomic mass is 9.91. The number of unbranched alkanes of at least 4 members (excludes halogenated alkanes) is 1. The second-order valence-corrected chi connectivity index (χ2v) is 20.5. The fourth-order valence-electron chi connectivity index (χ4n) is 9.46. The Labute approximate surface area is 407 Å². The van der Waals surface area contributed by atoms with E-state index >= 15 is 0 Å². The van der Waals surface area contributed by atoms with Crippen LogP contribution in [0.5, 0.6) is 0 Å². The average Bonchev–Trinajstić information content (AvgIpc) is 3.25. The first-order valence-electron chi connectivity index (χ1n) is 28.3. The minimum Gasteiger partial charge on any atom is -0.329 e. The van der Waals surface area contributed by atoms with E-state index in [1.165, 1.54) is 116 Å². The van der Waals surface area contributed by atoms with Crippen molar-refractivity contribution >= 4 is 0 Å². The fraction of sp³-hybridized carbons (Fsp3) is 1.00. The standard InChI is InChI=1S/C51H111N15/c1-4-6-32-62(38-30-59-49-13-8-14-49)44-46-65(39-31-60-50-15-9-16-50)47-45-63(33-19-52)35-25-56-26-36-64(37-27-57-29-41-66(40-28-53-5-2)51-17-10-18-51)43-42-61(3)34-24-55-21-20-54-22-23-58-48-11-7-12-48/h48-51,53-60H,4-47,52H2,1-3H3.